The van der Waals surface area contributed by atoms with Gasteiger partial charge in [-0.05, 0) is 70.1 Å². The number of nitrogens with one attached hydrogen (secondary N) is 2. The summed E-state index contributed by atoms with van der Waals surface area (Å²) in [4.78, 5) is 85.6. The molecule has 3 fully saturated rings. The predicted molar refractivity (Wildman–Crippen MR) is 176 cm³/mol. The van der Waals surface area contributed by atoms with Gasteiger partial charge in [-0.15, -0.1) is 0 Å². The average molecular weight is 699 g/mol. The Balaban J connectivity index is 1.32. The van der Waals surface area contributed by atoms with E-state index in [1.807, 2.05) is 0 Å². The van der Waals surface area contributed by atoms with Crippen molar-refractivity contribution in [1.82, 2.24) is 30.3 Å². The highest BCUT2D eigenvalue weighted by Gasteiger charge is 2.36. The second-order valence-electron chi connectivity index (χ2n) is 12.8. The Morgan fingerprint density at radius 1 is 1.00 bits per heavy atom. The molecule has 2 aliphatic heterocycles. The van der Waals surface area contributed by atoms with Gasteiger partial charge in [-0.2, -0.15) is 0 Å². The number of piperazine rings is 1. The number of carbonyl (C=O) groups is 6. The molecule has 3 heterocycles. The number of halogens is 1. The Kier molecular flexibility index (Phi) is 11.7. The molecule has 5 rings (SSSR count). The Morgan fingerprint density at radius 2 is 1.72 bits per heavy atom. The van der Waals surface area contributed by atoms with Gasteiger partial charge in [0, 0.05) is 56.6 Å². The highest BCUT2D eigenvalue weighted by Crippen LogP contribution is 2.29. The van der Waals surface area contributed by atoms with Gasteiger partial charge in [0.05, 0.1) is 12.1 Å². The molecule has 1 aromatic heterocycles. The number of rotatable bonds is 12. The maximum Gasteiger partial charge on any atom is 0.409 e. The van der Waals surface area contributed by atoms with Gasteiger partial charge >= 0.3 is 12.1 Å². The molecule has 5 amide bonds. The SMILES string of the molecule is CCOC(=O)N1CCN(C(=O)C(CCC(=O)O)NC(=O)c2cc(OCC(=O)N3CCCC3C(=O)NC3CCC3)c3cc(F)c(C)cc3n2)CC1. The number of carboxylic acids is 1. The molecule has 270 valence electrons. The number of carbonyl (C=O) groups excluding carboxylic acids is 5. The van der Waals surface area contributed by atoms with Crippen molar-refractivity contribution >= 4 is 46.6 Å². The molecule has 0 bridgehead atoms. The first-order valence-electron chi connectivity index (χ1n) is 17.0. The zero-order valence-corrected chi connectivity index (χ0v) is 28.2. The van der Waals surface area contributed by atoms with Crippen LogP contribution in [0.2, 0.25) is 0 Å². The van der Waals surface area contributed by atoms with Crippen LogP contribution in [0.1, 0.15) is 67.9 Å². The van der Waals surface area contributed by atoms with Gasteiger partial charge in [0.1, 0.15) is 29.3 Å². The second kappa shape index (κ2) is 16.1. The lowest BCUT2D eigenvalue weighted by Gasteiger charge is -2.35. The van der Waals surface area contributed by atoms with Gasteiger partial charge in [0.2, 0.25) is 11.8 Å². The van der Waals surface area contributed by atoms with E-state index in [-0.39, 0.29) is 79.1 Å². The average Bonchev–Trinajstić information content (AvgIpc) is 3.58. The molecule has 16 heteroatoms. The van der Waals surface area contributed by atoms with Gasteiger partial charge in [-0.1, -0.05) is 0 Å². The van der Waals surface area contributed by atoms with Gasteiger partial charge in [-0.3, -0.25) is 24.0 Å². The minimum Gasteiger partial charge on any atom is -0.483 e. The molecule has 0 spiro atoms. The molecule has 15 nitrogen and oxygen atoms in total. The number of amides is 5. The zero-order valence-electron chi connectivity index (χ0n) is 28.2. The van der Waals surface area contributed by atoms with Crippen LogP contribution >= 0.6 is 0 Å². The molecule has 0 radical (unpaired) electrons. The number of likely N-dealkylation sites (tertiary alicyclic amines) is 1. The number of ether oxygens (including phenoxy) is 2. The maximum atomic E-state index is 14.7. The molecule has 1 aliphatic carbocycles. The third-order valence-electron chi connectivity index (χ3n) is 9.33. The van der Waals surface area contributed by atoms with Crippen LogP contribution in [0.4, 0.5) is 9.18 Å². The van der Waals surface area contributed by atoms with E-state index in [4.69, 9.17) is 9.47 Å². The highest BCUT2D eigenvalue weighted by atomic mass is 19.1. The van der Waals surface area contributed by atoms with Gasteiger partial charge in [-0.25, -0.2) is 14.2 Å². The fourth-order valence-corrected chi connectivity index (χ4v) is 6.27. The summed E-state index contributed by atoms with van der Waals surface area (Å²) in [5.41, 5.74) is 0.241. The molecule has 3 aliphatic rings. The molecular weight excluding hydrogens is 655 g/mol. The minimum absolute atomic E-state index is 0.00873. The topological polar surface area (TPSA) is 188 Å². The fraction of sp³-hybridized carbons (Fsp3) is 0.559. The molecular formula is C34H43FN6O9. The Bertz CT molecular complexity index is 1640. The monoisotopic (exact) mass is 698 g/mol. The Hall–Kier alpha value is -5.02. The zero-order chi connectivity index (χ0) is 35.9. The number of benzene rings is 1. The minimum atomic E-state index is -1.23. The molecule has 3 N–H and O–H groups in total. The third-order valence-corrected chi connectivity index (χ3v) is 9.33. The lowest BCUT2D eigenvalue weighted by Crippen LogP contribution is -2.56. The van der Waals surface area contributed by atoms with Crippen LogP contribution in [0, 0.1) is 12.7 Å². The van der Waals surface area contributed by atoms with Crippen LogP contribution in [0.15, 0.2) is 18.2 Å². The first kappa shape index (κ1) is 36.3. The summed E-state index contributed by atoms with van der Waals surface area (Å²) in [5, 5.41) is 15.1. The molecule has 2 saturated heterocycles. The smallest absolute Gasteiger partial charge is 0.409 e. The van der Waals surface area contributed by atoms with E-state index in [1.165, 1.54) is 39.8 Å². The van der Waals surface area contributed by atoms with Crippen molar-refractivity contribution in [3.8, 4) is 5.75 Å². The standard InChI is InChI=1S/C34H43FN6O9/c1-3-49-34(48)40-14-12-39(13-15-40)33(47)24(9-10-30(43)44)38-31(45)26-18-28(22-17-23(35)20(2)16-25(22)37-26)50-19-29(42)41-11-5-8-27(41)32(46)36-21-6-4-7-21/h16-18,21,24,27H,3-15,19H2,1-2H3,(H,36,46)(H,38,45)(H,43,44). The summed E-state index contributed by atoms with van der Waals surface area (Å²) in [6.45, 7) is 4.04. The number of nitrogens with zero attached hydrogens (tertiary/aromatic N) is 4. The van der Waals surface area contributed by atoms with Crippen LogP contribution in [0.3, 0.4) is 0 Å². The van der Waals surface area contributed by atoms with E-state index in [2.05, 4.69) is 15.6 Å². The van der Waals surface area contributed by atoms with Gasteiger partial charge < -0.3 is 39.9 Å². The van der Waals surface area contributed by atoms with Crippen LogP contribution < -0.4 is 15.4 Å². The number of aliphatic carboxylic acids is 1. The number of hydrogen-bond donors (Lipinski definition) is 3. The van der Waals surface area contributed by atoms with E-state index >= 15 is 0 Å². The first-order valence-corrected chi connectivity index (χ1v) is 17.0. The molecule has 2 unspecified atom stereocenters. The highest BCUT2D eigenvalue weighted by molar-refractivity contribution is 5.99. The van der Waals surface area contributed by atoms with E-state index in [0.29, 0.717) is 19.4 Å². The lowest BCUT2D eigenvalue weighted by molar-refractivity contribution is -0.140. The number of pyridine rings is 1. The number of fused-ring (bicyclic) bond motifs is 1. The largest absolute Gasteiger partial charge is 0.483 e. The normalized spacial score (nSPS) is 18.3. The quantitative estimate of drug-likeness (QED) is 0.296. The van der Waals surface area contributed by atoms with Crippen molar-refractivity contribution < 1.29 is 47.7 Å². The summed E-state index contributed by atoms with van der Waals surface area (Å²) in [7, 11) is 0. The number of aromatic nitrogens is 1. The molecule has 50 heavy (non-hydrogen) atoms. The van der Waals surface area contributed by atoms with Crippen LogP contribution in [0.25, 0.3) is 10.9 Å². The van der Waals surface area contributed by atoms with Crippen molar-refractivity contribution in [3.05, 3.63) is 35.3 Å². The lowest BCUT2D eigenvalue weighted by atomic mass is 9.93. The summed E-state index contributed by atoms with van der Waals surface area (Å²) in [5.74, 6) is -3.70. The fourth-order valence-electron chi connectivity index (χ4n) is 6.27. The maximum absolute atomic E-state index is 14.7. The van der Waals surface area contributed by atoms with Gasteiger partial charge in [0.25, 0.3) is 11.8 Å². The van der Waals surface area contributed by atoms with Crippen molar-refractivity contribution in [1.29, 1.82) is 0 Å². The number of carboxylic acid groups (broad SMARTS) is 1. The number of aryl methyl sites for hydroxylation is 1. The van der Waals surface area contributed by atoms with Gasteiger partial charge in [0.15, 0.2) is 6.61 Å². The summed E-state index contributed by atoms with van der Waals surface area (Å²) < 4.78 is 25.6. The van der Waals surface area contributed by atoms with Crippen LogP contribution in [-0.2, 0) is 23.9 Å². The predicted octanol–water partition coefficient (Wildman–Crippen LogP) is 1.98. The summed E-state index contributed by atoms with van der Waals surface area (Å²) in [6, 6.07) is 2.14. The molecule has 1 saturated carbocycles. The van der Waals surface area contributed by atoms with Crippen molar-refractivity contribution in [2.45, 2.75) is 76.9 Å². The van der Waals surface area contributed by atoms with Crippen molar-refractivity contribution in [2.24, 2.45) is 0 Å². The van der Waals surface area contributed by atoms with E-state index in [1.54, 1.807) is 6.92 Å². The Labute approximate surface area is 288 Å². The molecule has 2 atom stereocenters. The second-order valence-corrected chi connectivity index (χ2v) is 12.8. The third kappa shape index (κ3) is 8.58. The summed E-state index contributed by atoms with van der Waals surface area (Å²) >= 11 is 0. The first-order chi connectivity index (χ1) is 23.9. The van der Waals surface area contributed by atoms with Crippen molar-refractivity contribution in [3.63, 3.8) is 0 Å². The number of hydrogen-bond acceptors (Lipinski definition) is 9. The van der Waals surface area contributed by atoms with Crippen LogP contribution in [-0.4, -0.2) is 125 Å². The van der Waals surface area contributed by atoms with E-state index < -0.39 is 60.7 Å². The van der Waals surface area contributed by atoms with Crippen molar-refractivity contribution in [2.75, 3.05) is 45.9 Å². The Morgan fingerprint density at radius 3 is 2.38 bits per heavy atom. The van der Waals surface area contributed by atoms with E-state index in [0.717, 1.165) is 19.3 Å². The summed E-state index contributed by atoms with van der Waals surface area (Å²) in [6.07, 6.45) is 2.96. The molecule has 1 aromatic carbocycles. The van der Waals surface area contributed by atoms with E-state index in [9.17, 15) is 38.3 Å². The molecule has 2 aromatic rings. The van der Waals surface area contributed by atoms with Crippen LogP contribution in [0.5, 0.6) is 5.75 Å².